The van der Waals surface area contributed by atoms with E-state index in [1.54, 1.807) is 4.90 Å². The molecule has 7 nitrogen and oxygen atoms in total. The van der Waals surface area contributed by atoms with Gasteiger partial charge in [0.1, 0.15) is 6.04 Å². The van der Waals surface area contributed by atoms with E-state index in [0.29, 0.717) is 31.1 Å². The number of imide groups is 1. The molecule has 0 aromatic heterocycles. The van der Waals surface area contributed by atoms with E-state index in [9.17, 15) is 14.4 Å². The number of piperidine rings is 1. The fraction of sp³-hybridized carbons (Fsp3) is 0.526. The molecule has 2 fully saturated rings. The maximum atomic E-state index is 12.8. The van der Waals surface area contributed by atoms with Crippen molar-refractivity contribution < 1.29 is 14.4 Å². The SMILES string of the molecule is N[C@H]1CC[C@H](NCc2cccc3c2CN(C2CCC(=O)NC2=O)C3=O)C1. The molecule has 1 unspecified atom stereocenters. The van der Waals surface area contributed by atoms with Crippen LogP contribution in [-0.2, 0) is 22.7 Å². The monoisotopic (exact) mass is 356 g/mol. The van der Waals surface area contributed by atoms with Crippen LogP contribution in [0.3, 0.4) is 0 Å². The standard InChI is InChI=1S/C19H24N4O3/c20-12-4-5-13(8-12)21-9-11-2-1-3-14-15(11)10-23(19(14)26)16-6-7-17(24)22-18(16)25/h1-3,12-13,16,21H,4-10,20H2,(H,22,24,25)/t12-,13-,16?/m0/s1. The van der Waals surface area contributed by atoms with Gasteiger partial charge >= 0.3 is 0 Å². The van der Waals surface area contributed by atoms with E-state index in [-0.39, 0.29) is 30.2 Å². The highest BCUT2D eigenvalue weighted by Gasteiger charge is 2.39. The first kappa shape index (κ1) is 17.2. The summed E-state index contributed by atoms with van der Waals surface area (Å²) in [6.45, 7) is 1.11. The van der Waals surface area contributed by atoms with Crippen molar-refractivity contribution in [2.24, 2.45) is 5.73 Å². The average molecular weight is 356 g/mol. The Kier molecular flexibility index (Phi) is 4.50. The summed E-state index contributed by atoms with van der Waals surface area (Å²) in [4.78, 5) is 37.9. The minimum Gasteiger partial charge on any atom is -0.328 e. The predicted octanol–water partition coefficient (Wildman–Crippen LogP) is 0.417. The van der Waals surface area contributed by atoms with Crippen LogP contribution in [0.25, 0.3) is 0 Å². The number of fused-ring (bicyclic) bond motifs is 1. The summed E-state index contributed by atoms with van der Waals surface area (Å²) in [5, 5.41) is 5.89. The largest absolute Gasteiger partial charge is 0.328 e. The van der Waals surface area contributed by atoms with Gasteiger partial charge in [-0.05, 0) is 42.9 Å². The summed E-state index contributed by atoms with van der Waals surface area (Å²) in [5.74, 6) is -0.767. The number of rotatable bonds is 4. The molecule has 3 atom stereocenters. The second-order valence-corrected chi connectivity index (χ2v) is 7.49. The van der Waals surface area contributed by atoms with E-state index < -0.39 is 6.04 Å². The van der Waals surface area contributed by atoms with Crippen molar-refractivity contribution in [3.63, 3.8) is 0 Å². The fourth-order valence-electron chi connectivity index (χ4n) is 4.27. The molecule has 1 aliphatic carbocycles. The number of nitrogens with two attached hydrogens (primary N) is 1. The number of carbonyl (C=O) groups is 3. The lowest BCUT2D eigenvalue weighted by Gasteiger charge is -2.29. The number of hydrogen-bond acceptors (Lipinski definition) is 5. The minimum atomic E-state index is -0.568. The van der Waals surface area contributed by atoms with Crippen LogP contribution in [0.2, 0.25) is 0 Å². The molecule has 1 saturated heterocycles. The number of amides is 3. The van der Waals surface area contributed by atoms with Crippen molar-refractivity contribution in [1.82, 2.24) is 15.5 Å². The number of nitrogens with zero attached hydrogens (tertiary/aromatic N) is 1. The zero-order chi connectivity index (χ0) is 18.3. The predicted molar refractivity (Wildman–Crippen MR) is 94.9 cm³/mol. The summed E-state index contributed by atoms with van der Waals surface area (Å²) < 4.78 is 0. The van der Waals surface area contributed by atoms with Gasteiger partial charge < -0.3 is 16.0 Å². The Balaban J connectivity index is 1.49. The molecular formula is C19H24N4O3. The van der Waals surface area contributed by atoms with E-state index in [0.717, 1.165) is 30.4 Å². The van der Waals surface area contributed by atoms with E-state index in [1.807, 2.05) is 18.2 Å². The Morgan fingerprint density at radius 3 is 2.77 bits per heavy atom. The van der Waals surface area contributed by atoms with Gasteiger partial charge in [-0.15, -0.1) is 0 Å². The van der Waals surface area contributed by atoms with Gasteiger partial charge in [0.15, 0.2) is 0 Å². The minimum absolute atomic E-state index is 0.126. The molecule has 4 rings (SSSR count). The lowest BCUT2D eigenvalue weighted by atomic mass is 10.0. The third-order valence-corrected chi connectivity index (χ3v) is 5.73. The highest BCUT2D eigenvalue weighted by Crippen LogP contribution is 2.30. The van der Waals surface area contributed by atoms with Gasteiger partial charge in [-0.3, -0.25) is 19.7 Å². The Bertz CT molecular complexity index is 763. The molecule has 3 amide bonds. The van der Waals surface area contributed by atoms with Gasteiger partial charge in [-0.1, -0.05) is 12.1 Å². The molecule has 0 radical (unpaired) electrons. The van der Waals surface area contributed by atoms with Crippen molar-refractivity contribution in [1.29, 1.82) is 0 Å². The summed E-state index contributed by atoms with van der Waals surface area (Å²) in [7, 11) is 0. The van der Waals surface area contributed by atoms with E-state index >= 15 is 0 Å². The van der Waals surface area contributed by atoms with Gasteiger partial charge in [0, 0.05) is 37.2 Å². The molecule has 7 heteroatoms. The smallest absolute Gasteiger partial charge is 0.255 e. The zero-order valence-electron chi connectivity index (χ0n) is 14.7. The topological polar surface area (TPSA) is 105 Å². The van der Waals surface area contributed by atoms with E-state index in [1.165, 1.54) is 0 Å². The van der Waals surface area contributed by atoms with Crippen LogP contribution < -0.4 is 16.4 Å². The van der Waals surface area contributed by atoms with Crippen LogP contribution in [0.15, 0.2) is 18.2 Å². The van der Waals surface area contributed by atoms with Gasteiger partial charge in [0.05, 0.1) is 0 Å². The van der Waals surface area contributed by atoms with Crippen LogP contribution in [0.1, 0.15) is 53.6 Å². The molecule has 4 N–H and O–H groups in total. The van der Waals surface area contributed by atoms with E-state index in [2.05, 4.69) is 10.6 Å². The third-order valence-electron chi connectivity index (χ3n) is 5.73. The quantitative estimate of drug-likeness (QED) is 0.678. The molecule has 3 aliphatic rings. The first-order valence-corrected chi connectivity index (χ1v) is 9.27. The Hall–Kier alpha value is -2.25. The number of nitrogens with one attached hydrogen (secondary N) is 2. The lowest BCUT2D eigenvalue weighted by molar-refractivity contribution is -0.136. The van der Waals surface area contributed by atoms with Crippen LogP contribution in [0, 0.1) is 0 Å². The first-order chi connectivity index (χ1) is 12.5. The highest BCUT2D eigenvalue weighted by molar-refractivity contribution is 6.05. The summed E-state index contributed by atoms with van der Waals surface area (Å²) >= 11 is 0. The lowest BCUT2D eigenvalue weighted by Crippen LogP contribution is -2.52. The third kappa shape index (κ3) is 3.12. The maximum Gasteiger partial charge on any atom is 0.255 e. The molecule has 2 aliphatic heterocycles. The van der Waals surface area contributed by atoms with Gasteiger partial charge in [-0.25, -0.2) is 0 Å². The molecule has 0 spiro atoms. The van der Waals surface area contributed by atoms with Gasteiger partial charge in [0.2, 0.25) is 11.8 Å². The van der Waals surface area contributed by atoms with Crippen molar-refractivity contribution in [3.05, 3.63) is 34.9 Å². The number of benzene rings is 1. The summed E-state index contributed by atoms with van der Waals surface area (Å²) in [6, 6.07) is 5.87. The van der Waals surface area contributed by atoms with Crippen molar-refractivity contribution in [2.75, 3.05) is 0 Å². The van der Waals surface area contributed by atoms with Crippen molar-refractivity contribution in [2.45, 2.75) is 63.3 Å². The van der Waals surface area contributed by atoms with Gasteiger partial charge in [-0.2, -0.15) is 0 Å². The molecule has 138 valence electrons. The molecule has 1 aromatic carbocycles. The van der Waals surface area contributed by atoms with Gasteiger partial charge in [0.25, 0.3) is 5.91 Å². The zero-order valence-corrected chi connectivity index (χ0v) is 14.7. The van der Waals surface area contributed by atoms with Crippen LogP contribution in [-0.4, -0.2) is 40.7 Å². The van der Waals surface area contributed by atoms with Crippen molar-refractivity contribution >= 4 is 17.7 Å². The Labute approximate surface area is 152 Å². The molecule has 2 heterocycles. The second kappa shape index (κ2) is 6.81. The van der Waals surface area contributed by atoms with E-state index in [4.69, 9.17) is 5.73 Å². The molecule has 1 aromatic rings. The second-order valence-electron chi connectivity index (χ2n) is 7.49. The molecule has 0 bridgehead atoms. The van der Waals surface area contributed by atoms with Crippen LogP contribution in [0.5, 0.6) is 0 Å². The fourth-order valence-corrected chi connectivity index (χ4v) is 4.27. The Morgan fingerprint density at radius 2 is 2.04 bits per heavy atom. The molecular weight excluding hydrogens is 332 g/mol. The maximum absolute atomic E-state index is 12.8. The van der Waals surface area contributed by atoms with Crippen LogP contribution in [0.4, 0.5) is 0 Å². The Morgan fingerprint density at radius 1 is 1.19 bits per heavy atom. The molecule has 26 heavy (non-hydrogen) atoms. The number of carbonyl (C=O) groups excluding carboxylic acids is 3. The number of hydrogen-bond donors (Lipinski definition) is 3. The normalized spacial score (nSPS) is 28.4. The molecule has 1 saturated carbocycles. The first-order valence-electron chi connectivity index (χ1n) is 9.27. The summed E-state index contributed by atoms with van der Waals surface area (Å²) in [6.07, 6.45) is 3.77. The highest BCUT2D eigenvalue weighted by atomic mass is 16.2. The van der Waals surface area contributed by atoms with Crippen LogP contribution >= 0.6 is 0 Å². The summed E-state index contributed by atoms with van der Waals surface area (Å²) in [5.41, 5.74) is 8.71. The van der Waals surface area contributed by atoms with Crippen molar-refractivity contribution in [3.8, 4) is 0 Å². The average Bonchev–Trinajstić information content (AvgIpc) is 3.17.